The highest BCUT2D eigenvalue weighted by Gasteiger charge is 2.03. The predicted molar refractivity (Wildman–Crippen MR) is 60.8 cm³/mol. The van der Waals surface area contributed by atoms with Crippen LogP contribution >= 0.6 is 11.3 Å². The Morgan fingerprint density at radius 3 is 3.21 bits per heavy atom. The third-order valence-electron chi connectivity index (χ3n) is 2.19. The molecule has 2 rings (SSSR count). The summed E-state index contributed by atoms with van der Waals surface area (Å²) < 4.78 is 1.14. The smallest absolute Gasteiger partial charge is 0.223 e. The van der Waals surface area contributed by atoms with E-state index in [0.717, 1.165) is 22.6 Å². The second-order valence-electron chi connectivity index (χ2n) is 3.32. The van der Waals surface area contributed by atoms with Crippen molar-refractivity contribution in [1.29, 1.82) is 0 Å². The van der Waals surface area contributed by atoms with Gasteiger partial charge < -0.3 is 5.32 Å². The fraction of sp³-hybridized carbons (Fsp3) is 0.400. The zero-order valence-electron chi connectivity index (χ0n) is 8.32. The van der Waals surface area contributed by atoms with Crippen LogP contribution in [-0.4, -0.2) is 16.0 Å². The number of aromatic nitrogens is 2. The molecule has 0 radical (unpaired) electrons. The molecule has 14 heavy (non-hydrogen) atoms. The lowest BCUT2D eigenvalue weighted by atomic mass is 10.3. The molecule has 0 fully saturated rings. The maximum Gasteiger partial charge on any atom is 0.223 e. The molecule has 0 saturated heterocycles. The maximum absolute atomic E-state index is 4.41. The molecule has 0 aliphatic rings. The third-order valence-corrected chi connectivity index (χ3v) is 3.03. The van der Waals surface area contributed by atoms with Gasteiger partial charge in [-0.15, -0.1) is 11.3 Å². The third kappa shape index (κ3) is 1.85. The Bertz CT molecular complexity index is 424. The molecular weight excluding hydrogens is 194 g/mol. The second kappa shape index (κ2) is 3.92. The van der Waals surface area contributed by atoms with Crippen LogP contribution in [0.1, 0.15) is 20.3 Å². The minimum absolute atomic E-state index is 0.422. The van der Waals surface area contributed by atoms with Crippen LogP contribution in [0.15, 0.2) is 17.6 Å². The van der Waals surface area contributed by atoms with E-state index in [4.69, 9.17) is 0 Å². The molecular formula is C10H13N3S. The Morgan fingerprint density at radius 1 is 1.57 bits per heavy atom. The van der Waals surface area contributed by atoms with Crippen molar-refractivity contribution in [2.75, 3.05) is 5.32 Å². The molecule has 2 aromatic heterocycles. The van der Waals surface area contributed by atoms with Gasteiger partial charge in [0.05, 0.1) is 16.4 Å². The standard InChI is InChI=1S/C10H13N3S/c1-3-7(2)12-10-11-6-9-8(13-10)4-5-14-9/h4-7H,3H2,1-2H3,(H,11,12,13). The van der Waals surface area contributed by atoms with E-state index < -0.39 is 0 Å². The van der Waals surface area contributed by atoms with Gasteiger partial charge in [-0.25, -0.2) is 9.97 Å². The molecule has 2 heterocycles. The average Bonchev–Trinajstić information content (AvgIpc) is 2.64. The van der Waals surface area contributed by atoms with Crippen molar-refractivity contribution < 1.29 is 0 Å². The summed E-state index contributed by atoms with van der Waals surface area (Å²) in [7, 11) is 0. The summed E-state index contributed by atoms with van der Waals surface area (Å²) in [5, 5.41) is 5.29. The van der Waals surface area contributed by atoms with E-state index in [1.165, 1.54) is 0 Å². The van der Waals surface area contributed by atoms with Gasteiger partial charge in [-0.2, -0.15) is 0 Å². The number of nitrogens with one attached hydrogen (secondary N) is 1. The topological polar surface area (TPSA) is 37.8 Å². The molecule has 0 aliphatic carbocycles. The molecule has 0 amide bonds. The Morgan fingerprint density at radius 2 is 2.43 bits per heavy atom. The van der Waals surface area contributed by atoms with Crippen molar-refractivity contribution in [3.05, 3.63) is 17.6 Å². The van der Waals surface area contributed by atoms with Crippen LogP contribution < -0.4 is 5.32 Å². The molecule has 0 aliphatic heterocycles. The van der Waals surface area contributed by atoms with Gasteiger partial charge in [-0.05, 0) is 24.8 Å². The lowest BCUT2D eigenvalue weighted by molar-refractivity contribution is 0.754. The van der Waals surface area contributed by atoms with Crippen LogP contribution in [-0.2, 0) is 0 Å². The molecule has 0 bridgehead atoms. The molecule has 3 nitrogen and oxygen atoms in total. The normalized spacial score (nSPS) is 13.0. The van der Waals surface area contributed by atoms with Crippen molar-refractivity contribution in [1.82, 2.24) is 9.97 Å². The predicted octanol–water partition coefficient (Wildman–Crippen LogP) is 2.90. The minimum atomic E-state index is 0.422. The highest BCUT2D eigenvalue weighted by atomic mass is 32.1. The van der Waals surface area contributed by atoms with Crippen molar-refractivity contribution in [2.45, 2.75) is 26.3 Å². The quantitative estimate of drug-likeness (QED) is 0.841. The van der Waals surface area contributed by atoms with Gasteiger partial charge in [0.25, 0.3) is 0 Å². The number of fused-ring (bicyclic) bond motifs is 1. The molecule has 74 valence electrons. The van der Waals surface area contributed by atoms with Gasteiger partial charge in [0.15, 0.2) is 0 Å². The van der Waals surface area contributed by atoms with Gasteiger partial charge in [-0.3, -0.25) is 0 Å². The van der Waals surface area contributed by atoms with Gasteiger partial charge >= 0.3 is 0 Å². The zero-order valence-corrected chi connectivity index (χ0v) is 9.14. The number of anilines is 1. The molecule has 1 atom stereocenters. The maximum atomic E-state index is 4.41. The first kappa shape index (κ1) is 9.40. The molecule has 4 heteroatoms. The van der Waals surface area contributed by atoms with Crippen molar-refractivity contribution >= 4 is 27.5 Å². The molecule has 0 spiro atoms. The number of hydrogen-bond acceptors (Lipinski definition) is 4. The van der Waals surface area contributed by atoms with E-state index in [9.17, 15) is 0 Å². The lowest BCUT2D eigenvalue weighted by Crippen LogP contribution is -2.15. The molecule has 1 N–H and O–H groups in total. The van der Waals surface area contributed by atoms with E-state index in [2.05, 4.69) is 29.1 Å². The van der Waals surface area contributed by atoms with E-state index >= 15 is 0 Å². The number of hydrogen-bond donors (Lipinski definition) is 1. The molecule has 0 aromatic carbocycles. The highest BCUT2D eigenvalue weighted by Crippen LogP contribution is 2.18. The largest absolute Gasteiger partial charge is 0.352 e. The number of rotatable bonds is 3. The summed E-state index contributed by atoms with van der Waals surface area (Å²) in [6.07, 6.45) is 2.95. The highest BCUT2D eigenvalue weighted by molar-refractivity contribution is 7.17. The molecule has 0 saturated carbocycles. The summed E-state index contributed by atoms with van der Waals surface area (Å²) >= 11 is 1.67. The fourth-order valence-corrected chi connectivity index (χ4v) is 1.85. The Kier molecular flexibility index (Phi) is 2.63. The van der Waals surface area contributed by atoms with Crippen LogP contribution in [0.4, 0.5) is 5.95 Å². The van der Waals surface area contributed by atoms with Gasteiger partial charge in [-0.1, -0.05) is 6.92 Å². The van der Waals surface area contributed by atoms with Crippen molar-refractivity contribution in [3.63, 3.8) is 0 Å². The van der Waals surface area contributed by atoms with Gasteiger partial charge in [0, 0.05) is 6.04 Å². The van der Waals surface area contributed by atoms with Crippen molar-refractivity contribution in [2.24, 2.45) is 0 Å². The summed E-state index contributed by atoms with van der Waals surface area (Å²) in [5.41, 5.74) is 1.02. The van der Waals surface area contributed by atoms with E-state index in [1.54, 1.807) is 11.3 Å². The fourth-order valence-electron chi connectivity index (χ4n) is 1.16. The SMILES string of the molecule is CCC(C)Nc1ncc2sccc2n1. The zero-order chi connectivity index (χ0) is 9.97. The molecule has 1 unspecified atom stereocenters. The summed E-state index contributed by atoms with van der Waals surface area (Å²) in [6.45, 7) is 4.27. The number of nitrogens with zero attached hydrogens (tertiary/aromatic N) is 2. The van der Waals surface area contributed by atoms with E-state index in [0.29, 0.717) is 6.04 Å². The van der Waals surface area contributed by atoms with Crippen LogP contribution in [0, 0.1) is 0 Å². The first-order chi connectivity index (χ1) is 6.79. The first-order valence-corrected chi connectivity index (χ1v) is 5.64. The number of thiophene rings is 1. The summed E-state index contributed by atoms with van der Waals surface area (Å²) in [4.78, 5) is 8.67. The van der Waals surface area contributed by atoms with E-state index in [1.807, 2.05) is 17.6 Å². The van der Waals surface area contributed by atoms with Crippen molar-refractivity contribution in [3.8, 4) is 0 Å². The van der Waals surface area contributed by atoms with Gasteiger partial charge in [0.2, 0.25) is 5.95 Å². The average molecular weight is 207 g/mol. The van der Waals surface area contributed by atoms with Crippen LogP contribution in [0.3, 0.4) is 0 Å². The second-order valence-corrected chi connectivity index (χ2v) is 4.27. The Labute approximate surface area is 87.2 Å². The Hall–Kier alpha value is -1.16. The van der Waals surface area contributed by atoms with Crippen LogP contribution in [0.2, 0.25) is 0 Å². The summed E-state index contributed by atoms with van der Waals surface area (Å²) in [6, 6.07) is 2.44. The first-order valence-electron chi connectivity index (χ1n) is 4.76. The minimum Gasteiger partial charge on any atom is -0.352 e. The Balaban J connectivity index is 2.25. The lowest BCUT2D eigenvalue weighted by Gasteiger charge is -2.10. The monoisotopic (exact) mass is 207 g/mol. The van der Waals surface area contributed by atoms with Gasteiger partial charge in [0.1, 0.15) is 0 Å². The summed E-state index contributed by atoms with van der Waals surface area (Å²) in [5.74, 6) is 0.727. The van der Waals surface area contributed by atoms with Crippen LogP contribution in [0.5, 0.6) is 0 Å². The van der Waals surface area contributed by atoms with E-state index in [-0.39, 0.29) is 0 Å². The molecule has 2 aromatic rings. The van der Waals surface area contributed by atoms with Crippen LogP contribution in [0.25, 0.3) is 10.2 Å².